The molecule has 2 atom stereocenters. The predicted molar refractivity (Wildman–Crippen MR) is 76.0 cm³/mol. The normalized spacial score (nSPS) is 33.6. The Labute approximate surface area is 116 Å². The molecule has 0 aromatic heterocycles. The topological polar surface area (TPSA) is 26.8 Å². The molecule has 2 bridgehead atoms. The van der Waals surface area contributed by atoms with Crippen molar-refractivity contribution in [2.24, 2.45) is 5.92 Å². The molecule has 4 fully saturated rings. The molecule has 4 saturated heterocycles. The van der Waals surface area contributed by atoms with Crippen molar-refractivity contribution in [3.63, 3.8) is 0 Å². The summed E-state index contributed by atoms with van der Waals surface area (Å²) in [7, 11) is 2.15. The van der Waals surface area contributed by atoms with E-state index >= 15 is 0 Å². The number of carbonyl (C=O) groups is 1. The van der Waals surface area contributed by atoms with Crippen LogP contribution in [0.4, 0.5) is 0 Å². The van der Waals surface area contributed by atoms with Gasteiger partial charge in [-0.3, -0.25) is 9.69 Å². The van der Waals surface area contributed by atoms with E-state index in [9.17, 15) is 4.79 Å². The molecule has 0 N–H and O–H groups in total. The van der Waals surface area contributed by atoms with E-state index in [0.29, 0.717) is 30.0 Å². The van der Waals surface area contributed by atoms with Crippen LogP contribution in [0.3, 0.4) is 0 Å². The van der Waals surface area contributed by atoms with E-state index in [0.717, 1.165) is 39.0 Å². The van der Waals surface area contributed by atoms with E-state index in [1.807, 2.05) is 0 Å². The van der Waals surface area contributed by atoms with Gasteiger partial charge in [-0.05, 0) is 53.2 Å². The van der Waals surface area contributed by atoms with Gasteiger partial charge in [0, 0.05) is 37.1 Å². The molecule has 4 rings (SSSR count). The molecule has 108 valence electrons. The molecule has 4 aliphatic rings. The van der Waals surface area contributed by atoms with Crippen LogP contribution in [-0.4, -0.2) is 72.0 Å². The van der Waals surface area contributed by atoms with Gasteiger partial charge in [0.05, 0.1) is 0 Å². The van der Waals surface area contributed by atoms with Crippen LogP contribution < -0.4 is 0 Å². The molecule has 4 heterocycles. The van der Waals surface area contributed by atoms with Gasteiger partial charge >= 0.3 is 0 Å². The monoisotopic (exact) mass is 265 g/mol. The first-order chi connectivity index (χ1) is 9.06. The highest BCUT2D eigenvalue weighted by Crippen LogP contribution is 2.35. The lowest BCUT2D eigenvalue weighted by Gasteiger charge is -2.58. The number of nitrogens with zero attached hydrogens (tertiary/aromatic N) is 3. The Kier molecular flexibility index (Phi) is 3.56. The number of piperidine rings is 2. The summed E-state index contributed by atoms with van der Waals surface area (Å²) in [5.74, 6) is 0.754. The van der Waals surface area contributed by atoms with Crippen molar-refractivity contribution in [3.05, 3.63) is 0 Å². The maximum atomic E-state index is 12.7. The summed E-state index contributed by atoms with van der Waals surface area (Å²) < 4.78 is 0. The number of piperazine rings is 1. The molecule has 0 aliphatic carbocycles. The quantitative estimate of drug-likeness (QED) is 0.746. The highest BCUT2D eigenvalue weighted by molar-refractivity contribution is 5.80. The lowest BCUT2D eigenvalue weighted by atomic mass is 9.83. The van der Waals surface area contributed by atoms with Gasteiger partial charge in [-0.1, -0.05) is 0 Å². The molecular weight excluding hydrogens is 238 g/mol. The summed E-state index contributed by atoms with van der Waals surface area (Å²) in [6.45, 7) is 8.86. The average Bonchev–Trinajstić information content (AvgIpc) is 2.39. The number of likely N-dealkylation sites (tertiary alicyclic amines) is 1. The largest absolute Gasteiger partial charge is 0.334 e. The van der Waals surface area contributed by atoms with Gasteiger partial charge in [0.25, 0.3) is 0 Å². The van der Waals surface area contributed by atoms with Crippen molar-refractivity contribution in [2.75, 3.05) is 33.2 Å². The van der Waals surface area contributed by atoms with Gasteiger partial charge in [-0.2, -0.15) is 0 Å². The van der Waals surface area contributed by atoms with E-state index in [4.69, 9.17) is 0 Å². The third kappa shape index (κ3) is 2.40. The van der Waals surface area contributed by atoms with Crippen LogP contribution in [0, 0.1) is 5.92 Å². The van der Waals surface area contributed by atoms with Gasteiger partial charge in [-0.15, -0.1) is 0 Å². The molecule has 0 radical (unpaired) electrons. The lowest BCUT2D eigenvalue weighted by Crippen LogP contribution is -2.71. The average molecular weight is 265 g/mol. The lowest BCUT2D eigenvalue weighted by molar-refractivity contribution is -0.161. The minimum absolute atomic E-state index is 0.298. The van der Waals surface area contributed by atoms with Crippen LogP contribution in [0.2, 0.25) is 0 Å². The number of hydrogen-bond donors (Lipinski definition) is 0. The standard InChI is InChI=1S/C15H27N3O/c1-11(2)17-9-13-8-14(10-17)18(13)15(19)12-4-6-16(3)7-5-12/h11-14H,4-10H2,1-3H3. The molecule has 0 aromatic rings. The second kappa shape index (κ2) is 5.06. The van der Waals surface area contributed by atoms with Gasteiger partial charge in [-0.25, -0.2) is 0 Å². The van der Waals surface area contributed by atoms with Crippen LogP contribution in [-0.2, 0) is 4.79 Å². The first-order valence-corrected chi connectivity index (χ1v) is 7.81. The van der Waals surface area contributed by atoms with Crippen molar-refractivity contribution in [2.45, 2.75) is 51.2 Å². The Balaban J connectivity index is 1.58. The minimum atomic E-state index is 0.298. The van der Waals surface area contributed by atoms with Crippen LogP contribution in [0.5, 0.6) is 0 Å². The van der Waals surface area contributed by atoms with Crippen molar-refractivity contribution in [3.8, 4) is 0 Å². The number of hydrogen-bond acceptors (Lipinski definition) is 3. The van der Waals surface area contributed by atoms with Crippen molar-refractivity contribution < 1.29 is 4.79 Å². The third-order valence-electron chi connectivity index (χ3n) is 5.27. The molecule has 4 heteroatoms. The Hall–Kier alpha value is -0.610. The van der Waals surface area contributed by atoms with Gasteiger partial charge < -0.3 is 9.80 Å². The molecule has 0 spiro atoms. The Morgan fingerprint density at radius 2 is 1.68 bits per heavy atom. The molecular formula is C15H27N3O. The molecule has 0 saturated carbocycles. The highest BCUT2D eigenvalue weighted by Gasteiger charge is 2.48. The number of fused-ring (bicyclic) bond motifs is 2. The first kappa shape index (κ1) is 13.4. The minimum Gasteiger partial charge on any atom is -0.334 e. The first-order valence-electron chi connectivity index (χ1n) is 7.81. The summed E-state index contributed by atoms with van der Waals surface area (Å²) in [5.41, 5.74) is 0. The molecule has 4 aliphatic heterocycles. The highest BCUT2D eigenvalue weighted by atomic mass is 16.2. The summed E-state index contributed by atoms with van der Waals surface area (Å²) in [6.07, 6.45) is 3.35. The summed E-state index contributed by atoms with van der Waals surface area (Å²) in [4.78, 5) is 19.8. The van der Waals surface area contributed by atoms with Gasteiger partial charge in [0.1, 0.15) is 0 Å². The fraction of sp³-hybridized carbons (Fsp3) is 0.933. The van der Waals surface area contributed by atoms with Crippen molar-refractivity contribution in [1.29, 1.82) is 0 Å². The second-order valence-electron chi connectivity index (χ2n) is 6.91. The van der Waals surface area contributed by atoms with Crippen molar-refractivity contribution in [1.82, 2.24) is 14.7 Å². The number of amides is 1. The summed E-state index contributed by atoms with van der Waals surface area (Å²) in [5, 5.41) is 0. The Morgan fingerprint density at radius 3 is 2.21 bits per heavy atom. The molecule has 4 nitrogen and oxygen atoms in total. The molecule has 0 aromatic carbocycles. The zero-order valence-corrected chi connectivity index (χ0v) is 12.5. The zero-order chi connectivity index (χ0) is 13.6. The predicted octanol–water partition coefficient (Wildman–Crippen LogP) is 1.02. The molecule has 1 amide bonds. The van der Waals surface area contributed by atoms with E-state index in [1.165, 1.54) is 6.42 Å². The smallest absolute Gasteiger partial charge is 0.226 e. The van der Waals surface area contributed by atoms with E-state index in [2.05, 4.69) is 35.6 Å². The maximum Gasteiger partial charge on any atom is 0.226 e. The van der Waals surface area contributed by atoms with Crippen LogP contribution >= 0.6 is 0 Å². The summed E-state index contributed by atoms with van der Waals surface area (Å²) >= 11 is 0. The Bertz CT molecular complexity index is 337. The van der Waals surface area contributed by atoms with E-state index in [1.54, 1.807) is 0 Å². The molecule has 2 unspecified atom stereocenters. The van der Waals surface area contributed by atoms with Crippen LogP contribution in [0.25, 0.3) is 0 Å². The second-order valence-corrected chi connectivity index (χ2v) is 6.91. The fourth-order valence-electron chi connectivity index (χ4n) is 3.89. The fourth-order valence-corrected chi connectivity index (χ4v) is 3.89. The zero-order valence-electron chi connectivity index (χ0n) is 12.5. The van der Waals surface area contributed by atoms with E-state index in [-0.39, 0.29) is 0 Å². The Morgan fingerprint density at radius 1 is 1.11 bits per heavy atom. The number of rotatable bonds is 2. The van der Waals surface area contributed by atoms with Crippen LogP contribution in [0.15, 0.2) is 0 Å². The summed E-state index contributed by atoms with van der Waals surface area (Å²) in [6, 6.07) is 1.63. The SMILES string of the molecule is CC(C)N1CC2CC(C1)N2C(=O)C1CCN(C)CC1. The van der Waals surface area contributed by atoms with Crippen molar-refractivity contribution >= 4 is 5.91 Å². The third-order valence-corrected chi connectivity index (χ3v) is 5.27. The van der Waals surface area contributed by atoms with Gasteiger partial charge in [0.2, 0.25) is 5.91 Å². The van der Waals surface area contributed by atoms with E-state index < -0.39 is 0 Å². The molecule has 19 heavy (non-hydrogen) atoms. The van der Waals surface area contributed by atoms with Gasteiger partial charge in [0.15, 0.2) is 0 Å². The maximum absolute atomic E-state index is 12.7. The number of carbonyl (C=O) groups excluding carboxylic acids is 1. The van der Waals surface area contributed by atoms with Crippen LogP contribution in [0.1, 0.15) is 33.1 Å².